The maximum atomic E-state index is 11.6. The van der Waals surface area contributed by atoms with Gasteiger partial charge in [0.25, 0.3) is 0 Å². The number of hydrogen-bond acceptors (Lipinski definition) is 5. The average Bonchev–Trinajstić information content (AvgIpc) is 3.12. The number of hydrogen-bond donors (Lipinski definition) is 1. The molecule has 0 saturated carbocycles. The summed E-state index contributed by atoms with van der Waals surface area (Å²) in [5.74, 6) is 0.571. The molecule has 0 fully saturated rings. The summed E-state index contributed by atoms with van der Waals surface area (Å²) in [4.78, 5) is 12.9. The number of benzene rings is 1. The molecule has 0 aliphatic carbocycles. The van der Waals surface area contributed by atoms with Crippen LogP contribution in [0, 0.1) is 0 Å². The number of carboxylic acids is 1. The zero-order valence-corrected chi connectivity index (χ0v) is 12.7. The van der Waals surface area contributed by atoms with Gasteiger partial charge in [0.2, 0.25) is 0 Å². The van der Waals surface area contributed by atoms with Crippen molar-refractivity contribution in [3.05, 3.63) is 35.7 Å². The lowest BCUT2D eigenvalue weighted by atomic mass is 9.96. The number of nitrogens with zero attached hydrogens (tertiary/aromatic N) is 4. The second kappa shape index (κ2) is 5.14. The molecule has 6 nitrogen and oxygen atoms in total. The van der Waals surface area contributed by atoms with E-state index in [1.165, 1.54) is 15.1 Å². The van der Waals surface area contributed by atoms with E-state index in [4.69, 9.17) is 0 Å². The molecule has 21 heavy (non-hydrogen) atoms. The van der Waals surface area contributed by atoms with E-state index in [0.29, 0.717) is 12.2 Å². The maximum absolute atomic E-state index is 11.6. The predicted molar refractivity (Wildman–Crippen MR) is 78.4 cm³/mol. The number of fused-ring (bicyclic) bond motifs is 1. The van der Waals surface area contributed by atoms with Crippen molar-refractivity contribution >= 4 is 17.7 Å². The Kier molecular flexibility index (Phi) is 3.44. The monoisotopic (exact) mass is 304 g/mol. The number of tetrazole rings is 1. The van der Waals surface area contributed by atoms with Gasteiger partial charge in [-0.05, 0) is 35.4 Å². The molecule has 2 heterocycles. The van der Waals surface area contributed by atoms with Crippen molar-refractivity contribution in [1.29, 1.82) is 0 Å². The van der Waals surface area contributed by atoms with E-state index in [2.05, 4.69) is 27.7 Å². The first-order valence-corrected chi connectivity index (χ1v) is 7.80. The van der Waals surface area contributed by atoms with Gasteiger partial charge in [-0.25, -0.2) is 9.48 Å². The number of rotatable bonds is 4. The van der Waals surface area contributed by atoms with Crippen LogP contribution >= 0.6 is 11.8 Å². The van der Waals surface area contributed by atoms with E-state index in [0.717, 1.165) is 5.75 Å². The van der Waals surface area contributed by atoms with Gasteiger partial charge in [0.15, 0.2) is 11.4 Å². The third-order valence-corrected chi connectivity index (χ3v) is 5.30. The maximum Gasteiger partial charge on any atom is 0.331 e. The summed E-state index contributed by atoms with van der Waals surface area (Å²) in [5.41, 5.74) is 0.0449. The van der Waals surface area contributed by atoms with Gasteiger partial charge in [-0.2, -0.15) is 0 Å². The van der Waals surface area contributed by atoms with Gasteiger partial charge in [-0.1, -0.05) is 25.1 Å². The molecule has 110 valence electrons. The molecule has 7 heteroatoms. The van der Waals surface area contributed by atoms with Crippen molar-refractivity contribution in [2.24, 2.45) is 0 Å². The van der Waals surface area contributed by atoms with Crippen LogP contribution < -0.4 is 0 Å². The minimum Gasteiger partial charge on any atom is -0.479 e. The van der Waals surface area contributed by atoms with Crippen molar-refractivity contribution in [1.82, 2.24) is 20.2 Å². The molecule has 0 bridgehead atoms. The standard InChI is InChI=1S/C14H16N4O2S/c1-3-14(2,13(19)20)18-12(15-16-17-18)10-8-21-11-7-5-4-6-9(10)11/h4-7,10H,3,8H2,1-2H3,(H,19,20). The molecule has 1 aromatic carbocycles. The second-order valence-electron chi connectivity index (χ2n) is 5.28. The van der Waals surface area contributed by atoms with Gasteiger partial charge < -0.3 is 5.11 Å². The molecule has 2 atom stereocenters. The van der Waals surface area contributed by atoms with E-state index in [9.17, 15) is 9.90 Å². The summed E-state index contributed by atoms with van der Waals surface area (Å²) in [7, 11) is 0. The highest BCUT2D eigenvalue weighted by atomic mass is 32.2. The van der Waals surface area contributed by atoms with E-state index in [1.807, 2.05) is 19.1 Å². The molecular weight excluding hydrogens is 288 g/mol. The molecule has 1 N–H and O–H groups in total. The number of carboxylic acid groups (broad SMARTS) is 1. The Morgan fingerprint density at radius 1 is 1.52 bits per heavy atom. The Balaban J connectivity index is 2.07. The SMILES string of the molecule is CCC(C)(C(=O)O)n1nnnc1C1CSc2ccccc21. The van der Waals surface area contributed by atoms with Crippen molar-refractivity contribution in [3.8, 4) is 0 Å². The molecule has 0 saturated heterocycles. The minimum atomic E-state index is -1.12. The second-order valence-corrected chi connectivity index (χ2v) is 6.34. The predicted octanol–water partition coefficient (Wildman–Crippen LogP) is 2.12. The zero-order valence-electron chi connectivity index (χ0n) is 11.9. The quantitative estimate of drug-likeness (QED) is 0.932. The number of carbonyl (C=O) groups is 1. The topological polar surface area (TPSA) is 80.9 Å². The number of aliphatic carboxylic acids is 1. The van der Waals surface area contributed by atoms with Crippen LogP contribution in [0.2, 0.25) is 0 Å². The Labute approximate surface area is 126 Å². The molecule has 1 aromatic heterocycles. The Hall–Kier alpha value is -1.89. The summed E-state index contributed by atoms with van der Waals surface area (Å²) in [6.07, 6.45) is 0.419. The first-order valence-electron chi connectivity index (χ1n) is 6.81. The normalized spacial score (nSPS) is 20.0. The van der Waals surface area contributed by atoms with Gasteiger partial charge in [0, 0.05) is 10.6 Å². The van der Waals surface area contributed by atoms with Gasteiger partial charge in [0.05, 0.1) is 5.92 Å². The summed E-state index contributed by atoms with van der Waals surface area (Å²) in [6.45, 7) is 3.49. The fourth-order valence-electron chi connectivity index (χ4n) is 2.53. The van der Waals surface area contributed by atoms with Crippen LogP contribution in [0.3, 0.4) is 0 Å². The highest BCUT2D eigenvalue weighted by Crippen LogP contribution is 2.42. The van der Waals surface area contributed by atoms with Crippen LogP contribution in [0.1, 0.15) is 37.6 Å². The highest BCUT2D eigenvalue weighted by molar-refractivity contribution is 7.99. The summed E-state index contributed by atoms with van der Waals surface area (Å²) < 4.78 is 1.47. The summed E-state index contributed by atoms with van der Waals surface area (Å²) >= 11 is 1.75. The molecule has 2 unspecified atom stereocenters. The minimum absolute atomic E-state index is 0.0337. The molecule has 0 amide bonds. The summed E-state index contributed by atoms with van der Waals surface area (Å²) in [5, 5.41) is 21.4. The Morgan fingerprint density at radius 2 is 2.29 bits per heavy atom. The zero-order chi connectivity index (χ0) is 15.0. The van der Waals surface area contributed by atoms with Crippen molar-refractivity contribution in [3.63, 3.8) is 0 Å². The molecule has 1 aliphatic heterocycles. The lowest BCUT2D eigenvalue weighted by Crippen LogP contribution is -2.41. The van der Waals surface area contributed by atoms with Gasteiger partial charge >= 0.3 is 5.97 Å². The van der Waals surface area contributed by atoms with E-state index < -0.39 is 11.5 Å². The van der Waals surface area contributed by atoms with E-state index in [-0.39, 0.29) is 5.92 Å². The van der Waals surface area contributed by atoms with Crippen LogP contribution in [0.4, 0.5) is 0 Å². The van der Waals surface area contributed by atoms with Crippen LogP contribution in [-0.2, 0) is 10.3 Å². The molecule has 2 aromatic rings. The van der Waals surface area contributed by atoms with Gasteiger partial charge in [0.1, 0.15) is 0 Å². The molecule has 3 rings (SSSR count). The van der Waals surface area contributed by atoms with Crippen LogP contribution in [0.5, 0.6) is 0 Å². The van der Waals surface area contributed by atoms with Gasteiger partial charge in [-0.3, -0.25) is 0 Å². The number of thioether (sulfide) groups is 1. The van der Waals surface area contributed by atoms with Gasteiger partial charge in [-0.15, -0.1) is 16.9 Å². The summed E-state index contributed by atoms with van der Waals surface area (Å²) in [6, 6.07) is 8.13. The highest BCUT2D eigenvalue weighted by Gasteiger charge is 2.40. The molecular formula is C14H16N4O2S. The lowest BCUT2D eigenvalue weighted by Gasteiger charge is -2.25. The van der Waals surface area contributed by atoms with Crippen LogP contribution in [0.25, 0.3) is 0 Å². The van der Waals surface area contributed by atoms with E-state index >= 15 is 0 Å². The first kappa shape index (κ1) is 14.1. The van der Waals surface area contributed by atoms with Crippen molar-refractivity contribution in [2.75, 3.05) is 5.75 Å². The van der Waals surface area contributed by atoms with Crippen molar-refractivity contribution in [2.45, 2.75) is 36.6 Å². The largest absolute Gasteiger partial charge is 0.479 e. The van der Waals surface area contributed by atoms with Crippen LogP contribution in [0.15, 0.2) is 29.2 Å². The lowest BCUT2D eigenvalue weighted by molar-refractivity contribution is -0.147. The molecule has 0 spiro atoms. The average molecular weight is 304 g/mol. The first-order chi connectivity index (χ1) is 10.1. The third-order valence-electron chi connectivity index (χ3n) is 4.12. The Morgan fingerprint density at radius 3 is 3.00 bits per heavy atom. The Bertz CT molecular complexity index is 687. The smallest absolute Gasteiger partial charge is 0.331 e. The third kappa shape index (κ3) is 2.12. The fourth-order valence-corrected chi connectivity index (χ4v) is 3.76. The molecule has 1 aliphatic rings. The fraction of sp³-hybridized carbons (Fsp3) is 0.429. The number of aromatic nitrogens is 4. The molecule has 0 radical (unpaired) electrons. The van der Waals surface area contributed by atoms with Crippen molar-refractivity contribution < 1.29 is 9.90 Å². The van der Waals surface area contributed by atoms with E-state index in [1.54, 1.807) is 18.7 Å². The van der Waals surface area contributed by atoms with Crippen LogP contribution in [-0.4, -0.2) is 37.0 Å².